The van der Waals surface area contributed by atoms with E-state index in [1.807, 2.05) is 30.3 Å². The standard InChI is InChI=1S/C21H20N6O3/c1-30-16-9-5-6-14(12-16)19(28)22-10-11-23-21-25-18-17(20(29)26-21)13-24-27(18)15-7-3-2-4-8-15/h2-9,12-13H,10-11H2,1H3,(H,22,28)(H2,23,25,26,29). The molecule has 0 fully saturated rings. The Bertz CT molecular complexity index is 1230. The molecule has 0 unspecified atom stereocenters. The fourth-order valence-electron chi connectivity index (χ4n) is 2.98. The quantitative estimate of drug-likeness (QED) is 0.406. The number of nitrogens with zero attached hydrogens (tertiary/aromatic N) is 3. The Kier molecular flexibility index (Phi) is 5.42. The first-order valence-electron chi connectivity index (χ1n) is 9.35. The van der Waals surface area contributed by atoms with Gasteiger partial charge < -0.3 is 15.4 Å². The van der Waals surface area contributed by atoms with E-state index in [0.29, 0.717) is 41.4 Å². The molecule has 0 saturated carbocycles. The Labute approximate surface area is 171 Å². The van der Waals surface area contributed by atoms with Crippen molar-refractivity contribution in [3.05, 3.63) is 76.7 Å². The van der Waals surface area contributed by atoms with Gasteiger partial charge in [0.05, 0.1) is 19.0 Å². The SMILES string of the molecule is COc1cccc(C(=O)NCCNc2nc3c(cnn3-c3ccccc3)c(=O)[nH]2)c1. The Morgan fingerprint density at radius 1 is 1.13 bits per heavy atom. The van der Waals surface area contributed by atoms with Gasteiger partial charge in [0, 0.05) is 18.7 Å². The van der Waals surface area contributed by atoms with Gasteiger partial charge in [-0.3, -0.25) is 14.6 Å². The summed E-state index contributed by atoms with van der Waals surface area (Å²) in [6.45, 7) is 0.722. The largest absolute Gasteiger partial charge is 0.497 e. The highest BCUT2D eigenvalue weighted by Gasteiger charge is 2.11. The van der Waals surface area contributed by atoms with Crippen LogP contribution in [-0.2, 0) is 0 Å². The number of ether oxygens (including phenoxy) is 1. The summed E-state index contributed by atoms with van der Waals surface area (Å²) in [6.07, 6.45) is 1.49. The van der Waals surface area contributed by atoms with E-state index < -0.39 is 0 Å². The van der Waals surface area contributed by atoms with Crippen LogP contribution < -0.4 is 20.9 Å². The second-order valence-corrected chi connectivity index (χ2v) is 6.46. The van der Waals surface area contributed by atoms with Crippen LogP contribution in [0.2, 0.25) is 0 Å². The Morgan fingerprint density at radius 3 is 2.77 bits per heavy atom. The number of hydrogen-bond donors (Lipinski definition) is 3. The van der Waals surface area contributed by atoms with Gasteiger partial charge in [0.1, 0.15) is 11.1 Å². The van der Waals surface area contributed by atoms with Gasteiger partial charge in [-0.05, 0) is 30.3 Å². The molecule has 152 valence electrons. The molecule has 2 aromatic heterocycles. The average molecular weight is 404 g/mol. The Hall–Kier alpha value is -4.14. The van der Waals surface area contributed by atoms with Crippen LogP contribution >= 0.6 is 0 Å². The molecule has 3 N–H and O–H groups in total. The van der Waals surface area contributed by atoms with Gasteiger partial charge in [0.15, 0.2) is 5.65 Å². The smallest absolute Gasteiger partial charge is 0.263 e. The van der Waals surface area contributed by atoms with Gasteiger partial charge in [-0.25, -0.2) is 4.68 Å². The molecule has 4 aromatic rings. The number of rotatable bonds is 7. The van der Waals surface area contributed by atoms with Crippen LogP contribution in [0, 0.1) is 0 Å². The second kappa shape index (κ2) is 8.48. The first-order valence-corrected chi connectivity index (χ1v) is 9.35. The fourth-order valence-corrected chi connectivity index (χ4v) is 2.98. The van der Waals surface area contributed by atoms with Crippen LogP contribution in [0.25, 0.3) is 16.7 Å². The number of hydrogen-bond acceptors (Lipinski definition) is 6. The zero-order chi connectivity index (χ0) is 20.9. The number of nitrogens with one attached hydrogen (secondary N) is 3. The van der Waals surface area contributed by atoms with Gasteiger partial charge in [-0.2, -0.15) is 10.1 Å². The summed E-state index contributed by atoms with van der Waals surface area (Å²) in [7, 11) is 1.55. The lowest BCUT2D eigenvalue weighted by atomic mass is 10.2. The molecule has 2 aromatic carbocycles. The molecule has 2 heterocycles. The second-order valence-electron chi connectivity index (χ2n) is 6.46. The van der Waals surface area contributed by atoms with Crippen LogP contribution in [0.5, 0.6) is 5.75 Å². The normalized spacial score (nSPS) is 10.7. The molecule has 9 nitrogen and oxygen atoms in total. The number of H-pyrrole nitrogens is 1. The van der Waals surface area contributed by atoms with E-state index in [1.54, 1.807) is 36.1 Å². The van der Waals surface area contributed by atoms with Crippen molar-refractivity contribution in [2.75, 3.05) is 25.5 Å². The zero-order valence-corrected chi connectivity index (χ0v) is 16.3. The van der Waals surface area contributed by atoms with E-state index in [0.717, 1.165) is 5.69 Å². The monoisotopic (exact) mass is 404 g/mol. The highest BCUT2D eigenvalue weighted by molar-refractivity contribution is 5.94. The van der Waals surface area contributed by atoms with Crippen molar-refractivity contribution >= 4 is 22.9 Å². The van der Waals surface area contributed by atoms with E-state index in [9.17, 15) is 9.59 Å². The number of methoxy groups -OCH3 is 1. The number of fused-ring (bicyclic) bond motifs is 1. The molecule has 0 aliphatic carbocycles. The highest BCUT2D eigenvalue weighted by Crippen LogP contribution is 2.14. The number of para-hydroxylation sites is 1. The van der Waals surface area contributed by atoms with E-state index in [1.165, 1.54) is 6.20 Å². The van der Waals surface area contributed by atoms with E-state index in [2.05, 4.69) is 25.7 Å². The van der Waals surface area contributed by atoms with Crippen molar-refractivity contribution in [3.8, 4) is 11.4 Å². The molecule has 9 heteroatoms. The maximum atomic E-state index is 12.4. The maximum Gasteiger partial charge on any atom is 0.263 e. The number of aromatic amines is 1. The van der Waals surface area contributed by atoms with E-state index >= 15 is 0 Å². The first kappa shape index (κ1) is 19.2. The van der Waals surface area contributed by atoms with Crippen molar-refractivity contribution in [2.24, 2.45) is 0 Å². The lowest BCUT2D eigenvalue weighted by Gasteiger charge is -2.09. The van der Waals surface area contributed by atoms with E-state index in [-0.39, 0.29) is 11.5 Å². The molecule has 0 radical (unpaired) electrons. The molecular formula is C21H20N6O3. The Balaban J connectivity index is 1.43. The predicted molar refractivity (Wildman–Crippen MR) is 113 cm³/mol. The molecule has 0 aliphatic rings. The molecule has 30 heavy (non-hydrogen) atoms. The zero-order valence-electron chi connectivity index (χ0n) is 16.3. The van der Waals surface area contributed by atoms with Crippen molar-refractivity contribution < 1.29 is 9.53 Å². The van der Waals surface area contributed by atoms with Crippen LogP contribution in [0.1, 0.15) is 10.4 Å². The van der Waals surface area contributed by atoms with E-state index in [4.69, 9.17) is 4.74 Å². The molecule has 0 spiro atoms. The molecule has 1 amide bonds. The summed E-state index contributed by atoms with van der Waals surface area (Å²) in [5.41, 5.74) is 1.48. The van der Waals surface area contributed by atoms with Crippen LogP contribution in [0.3, 0.4) is 0 Å². The topological polar surface area (TPSA) is 114 Å². The van der Waals surface area contributed by atoms with Gasteiger partial charge in [-0.1, -0.05) is 24.3 Å². The van der Waals surface area contributed by atoms with Crippen molar-refractivity contribution in [3.63, 3.8) is 0 Å². The van der Waals surface area contributed by atoms with Gasteiger partial charge in [-0.15, -0.1) is 0 Å². The molecule has 0 atom stereocenters. The summed E-state index contributed by atoms with van der Waals surface area (Å²) in [6, 6.07) is 16.4. The minimum atomic E-state index is -0.287. The third-order valence-corrected chi connectivity index (χ3v) is 4.47. The van der Waals surface area contributed by atoms with Gasteiger partial charge in [0.25, 0.3) is 11.5 Å². The predicted octanol–water partition coefficient (Wildman–Crippen LogP) is 1.96. The Morgan fingerprint density at radius 2 is 1.97 bits per heavy atom. The highest BCUT2D eigenvalue weighted by atomic mass is 16.5. The van der Waals surface area contributed by atoms with Crippen molar-refractivity contribution in [2.45, 2.75) is 0 Å². The summed E-state index contributed by atoms with van der Waals surface area (Å²) < 4.78 is 6.74. The first-order chi connectivity index (χ1) is 14.7. The van der Waals surface area contributed by atoms with Gasteiger partial charge in [0.2, 0.25) is 5.95 Å². The summed E-state index contributed by atoms with van der Waals surface area (Å²) >= 11 is 0. The number of anilines is 1. The maximum absolute atomic E-state index is 12.4. The number of aromatic nitrogens is 4. The summed E-state index contributed by atoms with van der Waals surface area (Å²) in [5.74, 6) is 0.710. The summed E-state index contributed by atoms with van der Waals surface area (Å²) in [5, 5.41) is 10.5. The lowest BCUT2D eigenvalue weighted by molar-refractivity contribution is 0.0955. The molecule has 0 saturated heterocycles. The number of benzene rings is 2. The molecule has 0 aliphatic heterocycles. The summed E-state index contributed by atoms with van der Waals surface area (Å²) in [4.78, 5) is 31.8. The van der Waals surface area contributed by atoms with Crippen molar-refractivity contribution in [1.29, 1.82) is 0 Å². The van der Waals surface area contributed by atoms with Crippen molar-refractivity contribution in [1.82, 2.24) is 25.1 Å². The van der Waals surface area contributed by atoms with Gasteiger partial charge >= 0.3 is 0 Å². The molecule has 0 bridgehead atoms. The number of carbonyl (C=O) groups excluding carboxylic acids is 1. The third-order valence-electron chi connectivity index (χ3n) is 4.47. The number of carbonyl (C=O) groups is 1. The third kappa shape index (κ3) is 4.00. The van der Waals surface area contributed by atoms with Crippen LogP contribution in [0.15, 0.2) is 65.6 Å². The molecular weight excluding hydrogens is 384 g/mol. The van der Waals surface area contributed by atoms with Crippen LogP contribution in [0.4, 0.5) is 5.95 Å². The average Bonchev–Trinajstić information content (AvgIpc) is 3.22. The minimum Gasteiger partial charge on any atom is -0.497 e. The minimum absolute atomic E-state index is 0.213. The fraction of sp³-hybridized carbons (Fsp3) is 0.143. The molecule has 4 rings (SSSR count). The lowest BCUT2D eigenvalue weighted by Crippen LogP contribution is -2.29. The van der Waals surface area contributed by atoms with Crippen LogP contribution in [-0.4, -0.2) is 45.9 Å². The number of amides is 1.